The van der Waals surface area contributed by atoms with Crippen LogP contribution in [0.4, 0.5) is 0 Å². The van der Waals surface area contributed by atoms with Crippen LogP contribution in [-0.2, 0) is 0 Å². The molecule has 0 aromatic heterocycles. The highest BCUT2D eigenvalue weighted by atomic mass is 16.1. The van der Waals surface area contributed by atoms with Crippen molar-refractivity contribution in [3.63, 3.8) is 0 Å². The average molecular weight is 260 g/mol. The van der Waals surface area contributed by atoms with Crippen molar-refractivity contribution in [1.82, 2.24) is 9.80 Å². The van der Waals surface area contributed by atoms with Gasteiger partial charge in [0.1, 0.15) is 0 Å². The molecule has 1 aliphatic rings. The van der Waals surface area contributed by atoms with E-state index in [9.17, 15) is 4.79 Å². The van der Waals surface area contributed by atoms with Gasteiger partial charge in [-0.05, 0) is 13.0 Å². The minimum atomic E-state index is 0.261. The summed E-state index contributed by atoms with van der Waals surface area (Å²) in [7, 11) is 0. The molecule has 1 saturated heterocycles. The van der Waals surface area contributed by atoms with E-state index >= 15 is 0 Å². The Balaban J connectivity index is 1.71. The van der Waals surface area contributed by atoms with Crippen LogP contribution in [0.5, 0.6) is 0 Å². The number of ketones is 1. The lowest BCUT2D eigenvalue weighted by Crippen LogP contribution is -2.46. The number of nitrogens with zero attached hydrogens (tertiary/aromatic N) is 2. The number of rotatable bonds is 6. The molecule has 0 unspecified atom stereocenters. The lowest BCUT2D eigenvalue weighted by atomic mass is 10.1. The number of benzene rings is 1. The molecule has 1 aliphatic heterocycles. The minimum absolute atomic E-state index is 0.261. The summed E-state index contributed by atoms with van der Waals surface area (Å²) in [5.74, 6) is 0.261. The number of carbonyl (C=O) groups excluding carboxylic acids is 1. The molecular weight excluding hydrogens is 236 g/mol. The van der Waals surface area contributed by atoms with Gasteiger partial charge in [-0.3, -0.25) is 4.79 Å². The summed E-state index contributed by atoms with van der Waals surface area (Å²) in [6.07, 6.45) is 1.87. The first kappa shape index (κ1) is 14.2. The van der Waals surface area contributed by atoms with E-state index in [0.717, 1.165) is 38.3 Å². The van der Waals surface area contributed by atoms with Crippen molar-refractivity contribution >= 4 is 5.78 Å². The molecule has 19 heavy (non-hydrogen) atoms. The molecular formula is C16H24N2O. The molecule has 0 atom stereocenters. The Morgan fingerprint density at radius 2 is 1.58 bits per heavy atom. The largest absolute Gasteiger partial charge is 0.301 e. The molecule has 0 bridgehead atoms. The molecule has 0 saturated carbocycles. The van der Waals surface area contributed by atoms with Crippen molar-refractivity contribution in [2.45, 2.75) is 19.8 Å². The standard InChI is InChI=1S/C16H24N2O/c1-2-9-17-11-13-18(14-12-17)10-8-16(19)15-6-4-3-5-7-15/h3-7H,2,8-14H2,1H3. The molecule has 1 aromatic carbocycles. The summed E-state index contributed by atoms with van der Waals surface area (Å²) in [4.78, 5) is 16.9. The second kappa shape index (κ2) is 7.41. The van der Waals surface area contributed by atoms with Crippen LogP contribution >= 0.6 is 0 Å². The number of Topliss-reactive ketones (excluding diaryl/α,β-unsaturated/α-hetero) is 1. The van der Waals surface area contributed by atoms with Crippen molar-refractivity contribution in [1.29, 1.82) is 0 Å². The van der Waals surface area contributed by atoms with Gasteiger partial charge < -0.3 is 9.80 Å². The van der Waals surface area contributed by atoms with Crippen LogP contribution in [0.1, 0.15) is 30.1 Å². The van der Waals surface area contributed by atoms with Gasteiger partial charge in [-0.2, -0.15) is 0 Å². The summed E-state index contributed by atoms with van der Waals surface area (Å²) >= 11 is 0. The Morgan fingerprint density at radius 3 is 2.16 bits per heavy atom. The number of carbonyl (C=O) groups is 1. The van der Waals surface area contributed by atoms with E-state index in [1.807, 2.05) is 30.3 Å². The molecule has 2 rings (SSSR count). The van der Waals surface area contributed by atoms with Gasteiger partial charge in [0.15, 0.2) is 5.78 Å². The average Bonchev–Trinajstić information content (AvgIpc) is 2.47. The van der Waals surface area contributed by atoms with Crippen LogP contribution in [0.15, 0.2) is 30.3 Å². The van der Waals surface area contributed by atoms with E-state index in [2.05, 4.69) is 16.7 Å². The van der Waals surface area contributed by atoms with Gasteiger partial charge in [0.2, 0.25) is 0 Å². The molecule has 0 N–H and O–H groups in total. The lowest BCUT2D eigenvalue weighted by molar-refractivity contribution is 0.0928. The fourth-order valence-electron chi connectivity index (χ4n) is 2.58. The first-order chi connectivity index (χ1) is 9.29. The van der Waals surface area contributed by atoms with Crippen LogP contribution in [-0.4, -0.2) is 54.9 Å². The summed E-state index contributed by atoms with van der Waals surface area (Å²) in [6.45, 7) is 8.82. The Kier molecular flexibility index (Phi) is 5.55. The van der Waals surface area contributed by atoms with Gasteiger partial charge in [-0.25, -0.2) is 0 Å². The Morgan fingerprint density at radius 1 is 1.00 bits per heavy atom. The quantitative estimate of drug-likeness (QED) is 0.733. The van der Waals surface area contributed by atoms with E-state index < -0.39 is 0 Å². The third kappa shape index (κ3) is 4.44. The predicted molar refractivity (Wildman–Crippen MR) is 78.6 cm³/mol. The maximum Gasteiger partial charge on any atom is 0.164 e. The van der Waals surface area contributed by atoms with Crippen LogP contribution < -0.4 is 0 Å². The second-order valence-corrected chi connectivity index (χ2v) is 5.22. The number of hydrogen-bond acceptors (Lipinski definition) is 3. The maximum absolute atomic E-state index is 12.0. The normalized spacial score (nSPS) is 17.5. The molecule has 3 nitrogen and oxygen atoms in total. The SMILES string of the molecule is CCCN1CCN(CCC(=O)c2ccccc2)CC1. The third-order valence-corrected chi connectivity index (χ3v) is 3.76. The monoisotopic (exact) mass is 260 g/mol. The highest BCUT2D eigenvalue weighted by Gasteiger charge is 2.16. The summed E-state index contributed by atoms with van der Waals surface area (Å²) in [5.41, 5.74) is 0.840. The fourth-order valence-corrected chi connectivity index (χ4v) is 2.58. The summed E-state index contributed by atoms with van der Waals surface area (Å²) in [5, 5.41) is 0. The molecule has 0 spiro atoms. The molecule has 1 heterocycles. The third-order valence-electron chi connectivity index (χ3n) is 3.76. The van der Waals surface area contributed by atoms with E-state index in [1.165, 1.54) is 13.0 Å². The molecule has 0 amide bonds. The van der Waals surface area contributed by atoms with Crippen LogP contribution in [0.25, 0.3) is 0 Å². The van der Waals surface area contributed by atoms with Crippen LogP contribution in [0.3, 0.4) is 0 Å². The van der Waals surface area contributed by atoms with Crippen molar-refractivity contribution in [2.24, 2.45) is 0 Å². The Bertz CT molecular complexity index is 383. The van der Waals surface area contributed by atoms with Crippen molar-refractivity contribution < 1.29 is 4.79 Å². The molecule has 0 aliphatic carbocycles. The van der Waals surface area contributed by atoms with Gasteiger partial charge in [0.05, 0.1) is 0 Å². The molecule has 0 radical (unpaired) electrons. The molecule has 3 heteroatoms. The van der Waals surface area contributed by atoms with Gasteiger partial charge in [0.25, 0.3) is 0 Å². The van der Waals surface area contributed by atoms with Gasteiger partial charge in [-0.15, -0.1) is 0 Å². The summed E-state index contributed by atoms with van der Waals surface area (Å²) in [6, 6.07) is 9.61. The zero-order chi connectivity index (χ0) is 13.5. The Labute approximate surface area is 116 Å². The molecule has 104 valence electrons. The molecule has 1 aromatic rings. The first-order valence-corrected chi connectivity index (χ1v) is 7.32. The topological polar surface area (TPSA) is 23.6 Å². The van der Waals surface area contributed by atoms with E-state index in [1.54, 1.807) is 0 Å². The zero-order valence-electron chi connectivity index (χ0n) is 11.8. The van der Waals surface area contributed by atoms with Gasteiger partial charge in [-0.1, -0.05) is 37.3 Å². The maximum atomic E-state index is 12.0. The van der Waals surface area contributed by atoms with E-state index in [4.69, 9.17) is 0 Å². The van der Waals surface area contributed by atoms with E-state index in [0.29, 0.717) is 6.42 Å². The van der Waals surface area contributed by atoms with Crippen molar-refractivity contribution in [3.05, 3.63) is 35.9 Å². The van der Waals surface area contributed by atoms with Crippen molar-refractivity contribution in [3.8, 4) is 0 Å². The van der Waals surface area contributed by atoms with Gasteiger partial charge in [0, 0.05) is 44.7 Å². The van der Waals surface area contributed by atoms with E-state index in [-0.39, 0.29) is 5.78 Å². The second-order valence-electron chi connectivity index (χ2n) is 5.22. The smallest absolute Gasteiger partial charge is 0.164 e. The van der Waals surface area contributed by atoms with Crippen LogP contribution in [0.2, 0.25) is 0 Å². The van der Waals surface area contributed by atoms with Crippen LogP contribution in [0, 0.1) is 0 Å². The lowest BCUT2D eigenvalue weighted by Gasteiger charge is -2.34. The predicted octanol–water partition coefficient (Wildman–Crippen LogP) is 2.29. The Hall–Kier alpha value is -1.19. The molecule has 1 fully saturated rings. The minimum Gasteiger partial charge on any atom is -0.301 e. The van der Waals surface area contributed by atoms with Crippen molar-refractivity contribution in [2.75, 3.05) is 39.3 Å². The highest BCUT2D eigenvalue weighted by Crippen LogP contribution is 2.07. The first-order valence-electron chi connectivity index (χ1n) is 7.32. The highest BCUT2D eigenvalue weighted by molar-refractivity contribution is 5.96. The summed E-state index contributed by atoms with van der Waals surface area (Å²) < 4.78 is 0. The number of hydrogen-bond donors (Lipinski definition) is 0. The zero-order valence-corrected chi connectivity index (χ0v) is 11.8. The fraction of sp³-hybridized carbons (Fsp3) is 0.562. The number of piperazine rings is 1. The van der Waals surface area contributed by atoms with Gasteiger partial charge >= 0.3 is 0 Å².